The third kappa shape index (κ3) is 4.15. The summed E-state index contributed by atoms with van der Waals surface area (Å²) in [7, 11) is 1.91. The zero-order valence-corrected chi connectivity index (χ0v) is 11.0. The van der Waals surface area contributed by atoms with Crippen molar-refractivity contribution in [3.8, 4) is 0 Å². The van der Waals surface area contributed by atoms with Crippen LogP contribution in [0.1, 0.15) is 19.5 Å². The average molecular weight is 244 g/mol. The molecule has 5 heteroatoms. The van der Waals surface area contributed by atoms with Crippen LogP contribution in [0.25, 0.3) is 0 Å². The minimum absolute atomic E-state index is 0.0356. The van der Waals surface area contributed by atoms with E-state index in [1.54, 1.807) is 18.0 Å². The van der Waals surface area contributed by atoms with E-state index < -0.39 is 0 Å². The van der Waals surface area contributed by atoms with Gasteiger partial charge in [0.05, 0.1) is 25.1 Å². The zero-order valence-electron chi connectivity index (χ0n) is 10.1. The fourth-order valence-electron chi connectivity index (χ4n) is 1.22. The molecule has 1 aromatic heterocycles. The van der Waals surface area contributed by atoms with Gasteiger partial charge in [0.25, 0.3) is 0 Å². The van der Waals surface area contributed by atoms with Gasteiger partial charge in [-0.1, -0.05) is 25.6 Å². The van der Waals surface area contributed by atoms with Gasteiger partial charge in [-0.25, -0.2) is 4.98 Å². The third-order valence-corrected chi connectivity index (χ3v) is 3.12. The van der Waals surface area contributed by atoms with Crippen LogP contribution in [0.2, 0.25) is 0 Å². The van der Waals surface area contributed by atoms with E-state index in [4.69, 9.17) is 9.84 Å². The lowest BCUT2D eigenvalue weighted by atomic mass is 10.2. The molecule has 4 nitrogen and oxygen atoms in total. The second-order valence-corrected chi connectivity index (χ2v) is 5.13. The number of aliphatic hydroxyl groups is 1. The summed E-state index contributed by atoms with van der Waals surface area (Å²) in [4.78, 5) is 4.23. The standard InChI is InChI=1S/C11H20N2O2S/c1-9(2)8-15-4-5-16-11-12-6-10(7-14)13(11)3/h6,9,14H,4-5,7-8H2,1-3H3. The molecule has 0 unspecified atom stereocenters. The highest BCUT2D eigenvalue weighted by Crippen LogP contribution is 2.16. The number of aromatic nitrogens is 2. The van der Waals surface area contributed by atoms with Crippen LogP contribution in [0.15, 0.2) is 11.4 Å². The van der Waals surface area contributed by atoms with Gasteiger partial charge in [-0.2, -0.15) is 0 Å². The van der Waals surface area contributed by atoms with Gasteiger partial charge in [-0.3, -0.25) is 0 Å². The van der Waals surface area contributed by atoms with Gasteiger partial charge < -0.3 is 14.4 Å². The summed E-state index contributed by atoms with van der Waals surface area (Å²) in [6.45, 7) is 5.86. The first-order chi connectivity index (χ1) is 7.65. The van der Waals surface area contributed by atoms with E-state index in [1.807, 2.05) is 11.6 Å². The molecule has 0 atom stereocenters. The lowest BCUT2D eigenvalue weighted by molar-refractivity contribution is 0.124. The van der Waals surface area contributed by atoms with Crippen LogP contribution >= 0.6 is 11.8 Å². The highest BCUT2D eigenvalue weighted by Gasteiger charge is 2.05. The van der Waals surface area contributed by atoms with Crippen molar-refractivity contribution >= 4 is 11.8 Å². The summed E-state index contributed by atoms with van der Waals surface area (Å²) in [5, 5.41) is 9.94. The number of imidazole rings is 1. The largest absolute Gasteiger partial charge is 0.390 e. The monoisotopic (exact) mass is 244 g/mol. The molecule has 0 aliphatic carbocycles. The number of nitrogens with zero attached hydrogens (tertiary/aromatic N) is 2. The molecule has 0 radical (unpaired) electrons. The lowest BCUT2D eigenvalue weighted by Gasteiger charge is -2.06. The fraction of sp³-hybridized carbons (Fsp3) is 0.727. The van der Waals surface area contributed by atoms with Crippen molar-refractivity contribution in [1.29, 1.82) is 0 Å². The lowest BCUT2D eigenvalue weighted by Crippen LogP contribution is -2.05. The average Bonchev–Trinajstić information content (AvgIpc) is 2.59. The first-order valence-corrected chi connectivity index (χ1v) is 6.45. The highest BCUT2D eigenvalue weighted by atomic mass is 32.2. The van der Waals surface area contributed by atoms with E-state index >= 15 is 0 Å². The molecular formula is C11H20N2O2S. The minimum Gasteiger partial charge on any atom is -0.390 e. The molecule has 0 aliphatic heterocycles. The summed E-state index contributed by atoms with van der Waals surface area (Å²) in [6.07, 6.45) is 1.71. The van der Waals surface area contributed by atoms with E-state index in [2.05, 4.69) is 18.8 Å². The van der Waals surface area contributed by atoms with Crippen LogP contribution in [0.3, 0.4) is 0 Å². The summed E-state index contributed by atoms with van der Waals surface area (Å²) in [5.41, 5.74) is 0.839. The number of ether oxygens (including phenoxy) is 1. The van der Waals surface area contributed by atoms with E-state index in [1.165, 1.54) is 0 Å². The maximum atomic E-state index is 9.01. The molecule has 0 bridgehead atoms. The van der Waals surface area contributed by atoms with Gasteiger partial charge in [0.1, 0.15) is 0 Å². The predicted octanol–water partition coefficient (Wildman–Crippen LogP) is 1.68. The smallest absolute Gasteiger partial charge is 0.168 e. The Morgan fingerprint density at radius 1 is 1.56 bits per heavy atom. The van der Waals surface area contributed by atoms with Crippen molar-refractivity contribution in [3.05, 3.63) is 11.9 Å². The number of hydrogen-bond donors (Lipinski definition) is 1. The molecular weight excluding hydrogens is 224 g/mol. The van der Waals surface area contributed by atoms with Gasteiger partial charge in [0, 0.05) is 19.4 Å². The molecule has 0 amide bonds. The third-order valence-electron chi connectivity index (χ3n) is 2.11. The second-order valence-electron chi connectivity index (χ2n) is 4.07. The zero-order chi connectivity index (χ0) is 12.0. The topological polar surface area (TPSA) is 47.3 Å². The summed E-state index contributed by atoms with van der Waals surface area (Å²) in [5.74, 6) is 1.47. The Labute approximate surface area is 101 Å². The first-order valence-electron chi connectivity index (χ1n) is 5.47. The number of aliphatic hydroxyl groups excluding tert-OH is 1. The molecule has 0 fully saturated rings. The van der Waals surface area contributed by atoms with Crippen LogP contribution in [-0.2, 0) is 18.4 Å². The Kier molecular flexibility index (Phi) is 5.87. The van der Waals surface area contributed by atoms with Crippen LogP contribution < -0.4 is 0 Å². The molecule has 0 aromatic carbocycles. The Morgan fingerprint density at radius 2 is 2.31 bits per heavy atom. The Hall–Kier alpha value is -0.520. The summed E-state index contributed by atoms with van der Waals surface area (Å²) >= 11 is 1.65. The molecule has 1 rings (SSSR count). The van der Waals surface area contributed by atoms with Crippen molar-refractivity contribution in [3.63, 3.8) is 0 Å². The normalized spacial score (nSPS) is 11.3. The Bertz CT molecular complexity index is 313. The Morgan fingerprint density at radius 3 is 2.88 bits per heavy atom. The van der Waals surface area contributed by atoms with Gasteiger partial charge in [-0.05, 0) is 5.92 Å². The molecule has 1 N–H and O–H groups in total. The van der Waals surface area contributed by atoms with E-state index in [0.717, 1.165) is 29.8 Å². The van der Waals surface area contributed by atoms with Gasteiger partial charge in [-0.15, -0.1) is 0 Å². The maximum Gasteiger partial charge on any atom is 0.168 e. The van der Waals surface area contributed by atoms with Crippen molar-refractivity contribution in [2.45, 2.75) is 25.6 Å². The summed E-state index contributed by atoms with van der Waals surface area (Å²) < 4.78 is 7.39. The van der Waals surface area contributed by atoms with Crippen LogP contribution in [-0.4, -0.2) is 33.6 Å². The van der Waals surface area contributed by atoms with E-state index in [0.29, 0.717) is 5.92 Å². The molecule has 0 aliphatic rings. The van der Waals surface area contributed by atoms with Crippen LogP contribution in [0, 0.1) is 5.92 Å². The van der Waals surface area contributed by atoms with Crippen LogP contribution in [0.5, 0.6) is 0 Å². The molecule has 16 heavy (non-hydrogen) atoms. The number of thioether (sulfide) groups is 1. The second kappa shape index (κ2) is 6.93. The molecule has 0 saturated heterocycles. The molecule has 92 valence electrons. The van der Waals surface area contributed by atoms with Crippen molar-refractivity contribution in [2.24, 2.45) is 13.0 Å². The molecule has 1 heterocycles. The molecule has 0 spiro atoms. The highest BCUT2D eigenvalue weighted by molar-refractivity contribution is 7.99. The predicted molar refractivity (Wildman–Crippen MR) is 65.5 cm³/mol. The van der Waals surface area contributed by atoms with Crippen molar-refractivity contribution < 1.29 is 9.84 Å². The number of rotatable bonds is 7. The first kappa shape index (κ1) is 13.5. The molecule has 1 aromatic rings. The minimum atomic E-state index is 0.0356. The van der Waals surface area contributed by atoms with E-state index in [-0.39, 0.29) is 6.61 Å². The number of hydrogen-bond acceptors (Lipinski definition) is 4. The summed E-state index contributed by atoms with van der Waals surface area (Å²) in [6, 6.07) is 0. The quantitative estimate of drug-likeness (QED) is 0.585. The Balaban J connectivity index is 2.24. The van der Waals surface area contributed by atoms with Gasteiger partial charge in [0.2, 0.25) is 0 Å². The molecule has 0 saturated carbocycles. The van der Waals surface area contributed by atoms with Crippen molar-refractivity contribution in [2.75, 3.05) is 19.0 Å². The van der Waals surface area contributed by atoms with Gasteiger partial charge in [0.15, 0.2) is 5.16 Å². The van der Waals surface area contributed by atoms with Crippen molar-refractivity contribution in [1.82, 2.24) is 9.55 Å². The van der Waals surface area contributed by atoms with Gasteiger partial charge >= 0.3 is 0 Å². The fourth-order valence-corrected chi connectivity index (χ4v) is 2.04. The van der Waals surface area contributed by atoms with Crippen LogP contribution in [0.4, 0.5) is 0 Å². The van der Waals surface area contributed by atoms with E-state index in [9.17, 15) is 0 Å². The SMILES string of the molecule is CC(C)COCCSc1ncc(CO)n1C. The maximum absolute atomic E-state index is 9.01.